The van der Waals surface area contributed by atoms with E-state index in [-0.39, 0.29) is 12.4 Å². The van der Waals surface area contributed by atoms with Crippen LogP contribution < -0.4 is 5.32 Å². The summed E-state index contributed by atoms with van der Waals surface area (Å²) < 4.78 is 19.6. The van der Waals surface area contributed by atoms with Gasteiger partial charge in [0.25, 0.3) is 0 Å². The van der Waals surface area contributed by atoms with Crippen molar-refractivity contribution < 1.29 is 9.13 Å². The van der Waals surface area contributed by atoms with Gasteiger partial charge in [-0.2, -0.15) is 0 Å². The van der Waals surface area contributed by atoms with E-state index in [9.17, 15) is 4.39 Å². The average molecular weight is 340 g/mol. The minimum absolute atomic E-state index is 0.280. The van der Waals surface area contributed by atoms with Crippen LogP contribution in [0.3, 0.4) is 0 Å². The lowest BCUT2D eigenvalue weighted by atomic mass is 10.1. The zero-order valence-corrected chi connectivity index (χ0v) is 12.9. The van der Waals surface area contributed by atoms with Gasteiger partial charge in [0, 0.05) is 25.3 Å². The maximum absolute atomic E-state index is 14.2. The Labute approximate surface area is 125 Å². The fourth-order valence-electron chi connectivity index (χ4n) is 1.80. The SMILES string of the molecule is CCNc1cc(-c2cccc(Br)c2F)nc(COC)n1. The first-order valence-electron chi connectivity index (χ1n) is 6.20. The Morgan fingerprint density at radius 1 is 1.35 bits per heavy atom. The van der Waals surface area contributed by atoms with Gasteiger partial charge in [-0.25, -0.2) is 14.4 Å². The van der Waals surface area contributed by atoms with E-state index in [1.807, 2.05) is 6.92 Å². The minimum Gasteiger partial charge on any atom is -0.377 e. The number of benzene rings is 1. The van der Waals surface area contributed by atoms with Crippen molar-refractivity contribution >= 4 is 21.7 Å². The molecule has 0 bridgehead atoms. The second-order valence-corrected chi connectivity index (χ2v) is 4.97. The molecule has 6 heteroatoms. The third kappa shape index (κ3) is 3.32. The Balaban J connectivity index is 2.51. The molecule has 0 radical (unpaired) electrons. The van der Waals surface area contributed by atoms with Gasteiger partial charge in [-0.1, -0.05) is 6.07 Å². The number of ether oxygens (including phenoxy) is 1. The van der Waals surface area contributed by atoms with Gasteiger partial charge in [0.05, 0.1) is 10.2 Å². The highest BCUT2D eigenvalue weighted by atomic mass is 79.9. The summed E-state index contributed by atoms with van der Waals surface area (Å²) in [4.78, 5) is 8.65. The fraction of sp³-hybridized carbons (Fsp3) is 0.286. The minimum atomic E-state index is -0.336. The molecule has 2 aromatic rings. The molecule has 0 aliphatic rings. The Kier molecular flexibility index (Phi) is 5.03. The lowest BCUT2D eigenvalue weighted by molar-refractivity contribution is 0.178. The summed E-state index contributed by atoms with van der Waals surface area (Å²) >= 11 is 3.18. The predicted octanol–water partition coefficient (Wildman–Crippen LogP) is 3.62. The molecular weight excluding hydrogens is 325 g/mol. The zero-order valence-electron chi connectivity index (χ0n) is 11.3. The monoisotopic (exact) mass is 339 g/mol. The van der Waals surface area contributed by atoms with Crippen LogP contribution >= 0.6 is 15.9 Å². The van der Waals surface area contributed by atoms with Gasteiger partial charge in [0.1, 0.15) is 18.2 Å². The van der Waals surface area contributed by atoms with Crippen LogP contribution in [0.1, 0.15) is 12.7 Å². The number of methoxy groups -OCH3 is 1. The first-order chi connectivity index (χ1) is 9.65. The maximum atomic E-state index is 14.2. The first-order valence-corrected chi connectivity index (χ1v) is 7.00. The molecule has 4 nitrogen and oxygen atoms in total. The van der Waals surface area contributed by atoms with Crippen molar-refractivity contribution in [3.05, 3.63) is 40.4 Å². The third-order valence-electron chi connectivity index (χ3n) is 2.63. The quantitative estimate of drug-likeness (QED) is 0.903. The lowest BCUT2D eigenvalue weighted by Crippen LogP contribution is -2.06. The number of anilines is 1. The summed E-state index contributed by atoms with van der Waals surface area (Å²) in [5.74, 6) is 0.835. The van der Waals surface area contributed by atoms with Gasteiger partial charge in [-0.3, -0.25) is 0 Å². The Morgan fingerprint density at radius 2 is 2.15 bits per heavy atom. The van der Waals surface area contributed by atoms with Gasteiger partial charge in [-0.05, 0) is 35.0 Å². The number of halogens is 2. The highest BCUT2D eigenvalue weighted by Gasteiger charge is 2.12. The average Bonchev–Trinajstić information content (AvgIpc) is 2.42. The molecule has 0 amide bonds. The van der Waals surface area contributed by atoms with Crippen molar-refractivity contribution in [2.45, 2.75) is 13.5 Å². The molecule has 20 heavy (non-hydrogen) atoms. The van der Waals surface area contributed by atoms with E-state index in [4.69, 9.17) is 4.74 Å². The molecule has 0 aliphatic heterocycles. The molecule has 0 saturated carbocycles. The molecule has 2 rings (SSSR count). The molecule has 0 atom stereocenters. The van der Waals surface area contributed by atoms with Crippen LogP contribution in [-0.2, 0) is 11.3 Å². The largest absolute Gasteiger partial charge is 0.377 e. The fourth-order valence-corrected chi connectivity index (χ4v) is 2.17. The molecule has 0 fully saturated rings. The van der Waals surface area contributed by atoms with E-state index in [0.29, 0.717) is 27.4 Å². The normalized spacial score (nSPS) is 10.6. The van der Waals surface area contributed by atoms with Gasteiger partial charge in [0.2, 0.25) is 0 Å². The van der Waals surface area contributed by atoms with E-state index >= 15 is 0 Å². The van der Waals surface area contributed by atoms with Crippen LogP contribution in [0.2, 0.25) is 0 Å². The molecule has 0 saturated heterocycles. The number of aromatic nitrogens is 2. The summed E-state index contributed by atoms with van der Waals surface area (Å²) in [5.41, 5.74) is 0.958. The molecule has 1 heterocycles. The number of nitrogens with one attached hydrogen (secondary N) is 1. The summed E-state index contributed by atoms with van der Waals surface area (Å²) in [6.45, 7) is 2.98. The summed E-state index contributed by atoms with van der Waals surface area (Å²) in [6.07, 6.45) is 0. The van der Waals surface area contributed by atoms with E-state index in [0.717, 1.165) is 6.54 Å². The van der Waals surface area contributed by atoms with Gasteiger partial charge in [0.15, 0.2) is 5.82 Å². The lowest BCUT2D eigenvalue weighted by Gasteiger charge is -2.10. The van der Waals surface area contributed by atoms with Crippen LogP contribution in [-0.4, -0.2) is 23.6 Å². The van der Waals surface area contributed by atoms with Crippen LogP contribution in [0.15, 0.2) is 28.7 Å². The van der Waals surface area contributed by atoms with Crippen LogP contribution in [0.5, 0.6) is 0 Å². The zero-order chi connectivity index (χ0) is 14.5. The molecule has 1 aromatic carbocycles. The molecule has 0 aliphatic carbocycles. The molecule has 1 N–H and O–H groups in total. The number of nitrogens with zero attached hydrogens (tertiary/aromatic N) is 2. The molecular formula is C14H15BrFN3O. The number of rotatable bonds is 5. The van der Waals surface area contributed by atoms with Crippen molar-refractivity contribution in [2.75, 3.05) is 19.0 Å². The highest BCUT2D eigenvalue weighted by molar-refractivity contribution is 9.10. The maximum Gasteiger partial charge on any atom is 0.157 e. The van der Waals surface area contributed by atoms with E-state index in [1.165, 1.54) is 0 Å². The smallest absolute Gasteiger partial charge is 0.157 e. The van der Waals surface area contributed by atoms with Crippen LogP contribution in [0.4, 0.5) is 10.2 Å². The predicted molar refractivity (Wildman–Crippen MR) is 80.0 cm³/mol. The van der Waals surface area contributed by atoms with Gasteiger partial charge in [-0.15, -0.1) is 0 Å². The summed E-state index contributed by atoms with van der Waals surface area (Å²) in [5, 5.41) is 3.11. The second-order valence-electron chi connectivity index (χ2n) is 4.12. The topological polar surface area (TPSA) is 47.0 Å². The van der Waals surface area contributed by atoms with E-state index in [2.05, 4.69) is 31.2 Å². The Bertz CT molecular complexity index is 583. The van der Waals surface area contributed by atoms with Crippen LogP contribution in [0.25, 0.3) is 11.3 Å². The Hall–Kier alpha value is -1.53. The molecule has 0 unspecified atom stereocenters. The van der Waals surface area contributed by atoms with Gasteiger partial charge >= 0.3 is 0 Å². The van der Waals surface area contributed by atoms with Crippen LogP contribution in [0, 0.1) is 5.82 Å². The third-order valence-corrected chi connectivity index (χ3v) is 3.24. The van der Waals surface area contributed by atoms with Crippen molar-refractivity contribution in [2.24, 2.45) is 0 Å². The van der Waals surface area contributed by atoms with Gasteiger partial charge < -0.3 is 10.1 Å². The summed E-state index contributed by atoms with van der Waals surface area (Å²) in [7, 11) is 1.57. The number of hydrogen-bond donors (Lipinski definition) is 1. The molecule has 106 valence electrons. The summed E-state index contributed by atoms with van der Waals surface area (Å²) in [6, 6.07) is 6.84. The Morgan fingerprint density at radius 3 is 2.85 bits per heavy atom. The number of hydrogen-bond acceptors (Lipinski definition) is 4. The van der Waals surface area contributed by atoms with Crippen molar-refractivity contribution in [1.29, 1.82) is 0 Å². The second kappa shape index (κ2) is 6.76. The first kappa shape index (κ1) is 14.9. The van der Waals surface area contributed by atoms with E-state index < -0.39 is 0 Å². The highest BCUT2D eigenvalue weighted by Crippen LogP contribution is 2.27. The van der Waals surface area contributed by atoms with Crippen molar-refractivity contribution in [3.63, 3.8) is 0 Å². The van der Waals surface area contributed by atoms with E-state index in [1.54, 1.807) is 31.4 Å². The molecule has 0 spiro atoms. The van der Waals surface area contributed by atoms with Crippen molar-refractivity contribution in [1.82, 2.24) is 9.97 Å². The molecule has 1 aromatic heterocycles. The van der Waals surface area contributed by atoms with Crippen molar-refractivity contribution in [3.8, 4) is 11.3 Å². The standard InChI is InChI=1S/C14H15BrFN3O/c1-3-17-12-7-11(18-13(19-12)8-20-2)9-5-4-6-10(15)14(9)16/h4-7H,3,8H2,1-2H3,(H,17,18,19).